The van der Waals surface area contributed by atoms with Crippen molar-refractivity contribution in [2.24, 2.45) is 7.05 Å². The predicted octanol–water partition coefficient (Wildman–Crippen LogP) is 4.47. The van der Waals surface area contributed by atoms with Crippen LogP contribution >= 0.6 is 0 Å². The van der Waals surface area contributed by atoms with E-state index in [0.717, 1.165) is 38.9 Å². The van der Waals surface area contributed by atoms with Crippen molar-refractivity contribution in [1.82, 2.24) is 29.7 Å². The third-order valence-corrected chi connectivity index (χ3v) is 6.10. The van der Waals surface area contributed by atoms with Gasteiger partial charge in [-0.15, -0.1) is 0 Å². The second-order valence-corrected chi connectivity index (χ2v) is 8.36. The van der Waals surface area contributed by atoms with Crippen molar-refractivity contribution in [2.75, 3.05) is 5.32 Å². The van der Waals surface area contributed by atoms with E-state index in [0.29, 0.717) is 5.69 Å². The Morgan fingerprint density at radius 2 is 1.89 bits per heavy atom. The summed E-state index contributed by atoms with van der Waals surface area (Å²) in [6.45, 7) is 0. The van der Waals surface area contributed by atoms with Crippen LogP contribution in [-0.2, 0) is 7.05 Å². The fraction of sp³-hybridized carbons (Fsp3) is 0.0741. The molecule has 4 heterocycles. The Kier molecular flexibility index (Phi) is 5.03. The Morgan fingerprint density at radius 1 is 0.971 bits per heavy atom. The summed E-state index contributed by atoms with van der Waals surface area (Å²) in [6, 6.07) is 19.3. The van der Waals surface area contributed by atoms with Crippen molar-refractivity contribution >= 4 is 27.6 Å². The maximum absolute atomic E-state index is 11.6. The van der Waals surface area contributed by atoms with Crippen molar-refractivity contribution in [3.8, 4) is 11.1 Å². The van der Waals surface area contributed by atoms with Gasteiger partial charge in [0.15, 0.2) is 0 Å². The second kappa shape index (κ2) is 8.49. The Bertz CT molecular complexity index is 1700. The van der Waals surface area contributed by atoms with Gasteiger partial charge in [-0.05, 0) is 52.9 Å². The van der Waals surface area contributed by atoms with E-state index in [-0.39, 0.29) is 11.6 Å². The van der Waals surface area contributed by atoms with Gasteiger partial charge in [0.2, 0.25) is 0 Å². The number of aryl methyl sites for hydroxylation is 1. The van der Waals surface area contributed by atoms with Gasteiger partial charge in [-0.1, -0.05) is 18.2 Å². The predicted molar refractivity (Wildman–Crippen MR) is 136 cm³/mol. The highest BCUT2D eigenvalue weighted by atomic mass is 16.1. The molecule has 6 aromatic rings. The number of hydrogen-bond acceptors (Lipinski definition) is 6. The molecular weight excluding hydrogens is 438 g/mol. The zero-order valence-electron chi connectivity index (χ0n) is 18.9. The first kappa shape index (κ1) is 20.7. The van der Waals surface area contributed by atoms with Gasteiger partial charge in [-0.2, -0.15) is 5.10 Å². The minimum absolute atomic E-state index is 0.252. The van der Waals surface area contributed by atoms with E-state index in [4.69, 9.17) is 0 Å². The highest BCUT2D eigenvalue weighted by Crippen LogP contribution is 2.34. The molecule has 170 valence electrons. The van der Waals surface area contributed by atoms with Crippen LogP contribution in [0.4, 0.5) is 5.69 Å². The first-order chi connectivity index (χ1) is 17.2. The Hall–Kier alpha value is -4.85. The third kappa shape index (κ3) is 3.91. The molecule has 1 unspecified atom stereocenters. The van der Waals surface area contributed by atoms with Crippen LogP contribution in [0.15, 0.2) is 96.4 Å². The molecule has 0 spiro atoms. The number of rotatable bonds is 5. The molecule has 1 atom stereocenters. The van der Waals surface area contributed by atoms with Crippen LogP contribution in [0.2, 0.25) is 0 Å². The topological polar surface area (TPSA) is 101 Å². The summed E-state index contributed by atoms with van der Waals surface area (Å²) in [5, 5.41) is 11.6. The molecule has 6 rings (SSSR count). The van der Waals surface area contributed by atoms with E-state index in [2.05, 4.69) is 71.6 Å². The summed E-state index contributed by atoms with van der Waals surface area (Å²) < 4.78 is 2.11. The summed E-state index contributed by atoms with van der Waals surface area (Å²) in [7, 11) is 2.04. The average Bonchev–Trinajstić information content (AvgIpc) is 3.28. The van der Waals surface area contributed by atoms with Crippen molar-refractivity contribution in [2.45, 2.75) is 6.04 Å². The molecular formula is C27H21N7O. The quantitative estimate of drug-likeness (QED) is 0.395. The van der Waals surface area contributed by atoms with Gasteiger partial charge in [-0.3, -0.25) is 19.7 Å². The van der Waals surface area contributed by atoms with Gasteiger partial charge >= 0.3 is 0 Å². The number of benzene rings is 2. The monoisotopic (exact) mass is 459 g/mol. The molecule has 0 aliphatic rings. The maximum Gasteiger partial charge on any atom is 0.264 e. The molecule has 35 heavy (non-hydrogen) atoms. The minimum atomic E-state index is -0.335. The van der Waals surface area contributed by atoms with E-state index in [1.54, 1.807) is 30.9 Å². The van der Waals surface area contributed by atoms with Crippen LogP contribution in [-0.4, -0.2) is 29.7 Å². The van der Waals surface area contributed by atoms with Gasteiger partial charge in [-0.25, -0.2) is 5.10 Å². The molecule has 8 nitrogen and oxygen atoms in total. The number of H-pyrrole nitrogens is 1. The zero-order valence-corrected chi connectivity index (χ0v) is 18.9. The summed E-state index contributed by atoms with van der Waals surface area (Å²) >= 11 is 0. The van der Waals surface area contributed by atoms with E-state index in [1.807, 2.05) is 25.2 Å². The van der Waals surface area contributed by atoms with Crippen LogP contribution in [0.5, 0.6) is 0 Å². The Morgan fingerprint density at radius 3 is 2.71 bits per heavy atom. The highest BCUT2D eigenvalue weighted by Gasteiger charge is 2.18. The molecule has 0 radical (unpaired) electrons. The van der Waals surface area contributed by atoms with E-state index in [9.17, 15) is 4.79 Å². The van der Waals surface area contributed by atoms with Gasteiger partial charge in [0.05, 0.1) is 22.8 Å². The van der Waals surface area contributed by atoms with Gasteiger partial charge in [0, 0.05) is 60.9 Å². The van der Waals surface area contributed by atoms with Crippen LogP contribution in [0.3, 0.4) is 0 Å². The summed E-state index contributed by atoms with van der Waals surface area (Å²) in [4.78, 5) is 25.1. The molecule has 0 bridgehead atoms. The van der Waals surface area contributed by atoms with Crippen LogP contribution in [0.1, 0.15) is 17.3 Å². The maximum atomic E-state index is 11.6. The van der Waals surface area contributed by atoms with Gasteiger partial charge in [0.25, 0.3) is 5.56 Å². The highest BCUT2D eigenvalue weighted by molar-refractivity contribution is 5.97. The van der Waals surface area contributed by atoms with Crippen molar-refractivity contribution in [3.05, 3.63) is 113 Å². The van der Waals surface area contributed by atoms with Crippen LogP contribution in [0, 0.1) is 0 Å². The number of aromatic amines is 1. The number of hydrogen-bond donors (Lipinski definition) is 2. The first-order valence-electron chi connectivity index (χ1n) is 11.2. The van der Waals surface area contributed by atoms with E-state index in [1.165, 1.54) is 11.5 Å². The van der Waals surface area contributed by atoms with Crippen molar-refractivity contribution in [1.29, 1.82) is 0 Å². The molecule has 0 saturated carbocycles. The Labute approximate surface area is 200 Å². The van der Waals surface area contributed by atoms with Crippen LogP contribution in [0.25, 0.3) is 33.1 Å². The zero-order chi connectivity index (χ0) is 23.8. The standard InChI is InChI=1S/C27H21N7O/c1-34-12-8-17-4-5-18(13-24(17)34)21-14-20(15-23-27(21)30-11-10-29-23)31-26(19-3-2-9-28-16-19)22-6-7-25(35)33-32-22/h2-16,26,31H,1H3,(H,33,35). The van der Waals surface area contributed by atoms with Gasteiger partial charge in [0.1, 0.15) is 0 Å². The molecule has 4 aromatic heterocycles. The number of fused-ring (bicyclic) bond motifs is 2. The van der Waals surface area contributed by atoms with Crippen molar-refractivity contribution in [3.63, 3.8) is 0 Å². The van der Waals surface area contributed by atoms with E-state index >= 15 is 0 Å². The third-order valence-electron chi connectivity index (χ3n) is 6.10. The molecule has 0 saturated heterocycles. The Balaban J connectivity index is 1.50. The van der Waals surface area contributed by atoms with Crippen molar-refractivity contribution < 1.29 is 0 Å². The fourth-order valence-electron chi connectivity index (χ4n) is 4.37. The normalized spacial score (nSPS) is 12.1. The first-order valence-corrected chi connectivity index (χ1v) is 11.2. The van der Waals surface area contributed by atoms with Gasteiger partial charge < -0.3 is 9.88 Å². The number of anilines is 1. The second-order valence-electron chi connectivity index (χ2n) is 8.36. The lowest BCUT2D eigenvalue weighted by molar-refractivity contribution is 0.819. The molecule has 0 aliphatic heterocycles. The number of nitrogens with zero attached hydrogens (tertiary/aromatic N) is 5. The summed E-state index contributed by atoms with van der Waals surface area (Å²) in [5.41, 5.74) is 6.95. The number of nitrogens with one attached hydrogen (secondary N) is 2. The fourth-order valence-corrected chi connectivity index (χ4v) is 4.37. The average molecular weight is 460 g/mol. The molecule has 0 fully saturated rings. The molecule has 0 amide bonds. The molecule has 8 heteroatoms. The van der Waals surface area contributed by atoms with Crippen LogP contribution < -0.4 is 10.9 Å². The smallest absolute Gasteiger partial charge is 0.264 e. The molecule has 2 aromatic carbocycles. The lowest BCUT2D eigenvalue weighted by Crippen LogP contribution is -2.17. The largest absolute Gasteiger partial charge is 0.373 e. The number of aromatic nitrogens is 6. The number of pyridine rings is 1. The molecule has 0 aliphatic carbocycles. The lowest BCUT2D eigenvalue weighted by Gasteiger charge is -2.20. The van der Waals surface area contributed by atoms with E-state index < -0.39 is 0 Å². The summed E-state index contributed by atoms with van der Waals surface area (Å²) in [6.07, 6.45) is 8.97. The minimum Gasteiger partial charge on any atom is -0.373 e. The summed E-state index contributed by atoms with van der Waals surface area (Å²) in [5.74, 6) is 0. The lowest BCUT2D eigenvalue weighted by atomic mass is 10.00. The SMILES string of the molecule is Cn1ccc2ccc(-c3cc(NC(c4cccnc4)c4ccc(=O)[nH]n4)cc4nccnc34)cc21. The molecule has 2 N–H and O–H groups in total.